The van der Waals surface area contributed by atoms with Crippen LogP contribution < -0.4 is 0 Å². The van der Waals surface area contributed by atoms with Gasteiger partial charge in [0.1, 0.15) is 11.2 Å². The summed E-state index contributed by atoms with van der Waals surface area (Å²) in [5, 5.41) is 0. The normalized spacial score (nSPS) is 16.6. The number of hydrogen-bond donors (Lipinski definition) is 0. The molecule has 5 heteroatoms. The first kappa shape index (κ1) is 15.1. The molecular weight excluding hydrogens is 255 g/mol. The summed E-state index contributed by atoms with van der Waals surface area (Å²) in [5.74, 6) is 0. The molecule has 1 rings (SSSR count). The number of hydrogen-bond acceptors (Lipinski definition) is 0. The predicted octanol–water partition coefficient (Wildman–Crippen LogP) is 3.11. The fourth-order valence-corrected chi connectivity index (χ4v) is 1.82. The van der Waals surface area contributed by atoms with Gasteiger partial charge < -0.3 is 0 Å². The van der Waals surface area contributed by atoms with E-state index in [4.69, 9.17) is 0 Å². The van der Waals surface area contributed by atoms with Crippen LogP contribution in [0.5, 0.6) is 0 Å². The minimum Gasteiger partial charge on any atom is -0.248 e. The van der Waals surface area contributed by atoms with Crippen molar-refractivity contribution in [3.8, 4) is 0 Å². The van der Waals surface area contributed by atoms with Gasteiger partial charge in [0.15, 0.2) is 7.85 Å². The summed E-state index contributed by atoms with van der Waals surface area (Å²) in [6.07, 6.45) is 0. The van der Waals surface area contributed by atoms with Gasteiger partial charge in [-0.3, -0.25) is 0 Å². The molecule has 0 aromatic heterocycles. The molecule has 1 aromatic rings. The van der Waals surface area contributed by atoms with Crippen LogP contribution in [0.1, 0.15) is 31.9 Å². The van der Waals surface area contributed by atoms with E-state index in [1.165, 1.54) is 21.7 Å². The lowest BCUT2D eigenvalue weighted by Gasteiger charge is -2.35. The summed E-state index contributed by atoms with van der Waals surface area (Å²) < 4.78 is 28.3. The predicted molar refractivity (Wildman–Crippen MR) is 79.7 cm³/mol. The molecular formula is C12H19BF2P2. The fourth-order valence-electron chi connectivity index (χ4n) is 1.49. The number of benzene rings is 1. The van der Waals surface area contributed by atoms with Gasteiger partial charge in [0.2, 0.25) is 0 Å². The molecule has 0 aliphatic heterocycles. The van der Waals surface area contributed by atoms with Crippen LogP contribution in [0.2, 0.25) is 0 Å². The van der Waals surface area contributed by atoms with Gasteiger partial charge in [-0.2, -0.15) is 0 Å². The molecule has 17 heavy (non-hydrogen) atoms. The van der Waals surface area contributed by atoms with Crippen molar-refractivity contribution < 1.29 is 8.78 Å². The minimum atomic E-state index is -1.50. The lowest BCUT2D eigenvalue weighted by atomic mass is 9.74. The van der Waals surface area contributed by atoms with Crippen molar-refractivity contribution >= 4 is 26.3 Å². The van der Waals surface area contributed by atoms with Crippen molar-refractivity contribution in [1.29, 1.82) is 0 Å². The largest absolute Gasteiger partial charge is 0.248 e. The summed E-state index contributed by atoms with van der Waals surface area (Å²) >= 11 is 0. The van der Waals surface area contributed by atoms with E-state index >= 15 is 0 Å². The lowest BCUT2D eigenvalue weighted by Crippen LogP contribution is -2.37. The molecule has 3 unspecified atom stereocenters. The first-order valence-corrected chi connectivity index (χ1v) is 6.68. The van der Waals surface area contributed by atoms with Crippen molar-refractivity contribution in [3.05, 3.63) is 35.4 Å². The molecule has 94 valence electrons. The highest BCUT2D eigenvalue weighted by molar-refractivity contribution is 7.40. The summed E-state index contributed by atoms with van der Waals surface area (Å²) in [4.78, 5) is -0.653. The van der Waals surface area contributed by atoms with Gasteiger partial charge in [-0.1, -0.05) is 31.2 Å². The van der Waals surface area contributed by atoms with Gasteiger partial charge in [0.25, 0.3) is 0 Å². The molecule has 1 aromatic carbocycles. The fraction of sp³-hybridized carbons (Fsp3) is 0.500. The maximum absolute atomic E-state index is 14.6. The van der Waals surface area contributed by atoms with Crippen LogP contribution in [0.4, 0.5) is 8.78 Å². The van der Waals surface area contributed by atoms with Crippen molar-refractivity contribution in [2.45, 2.75) is 36.9 Å². The van der Waals surface area contributed by atoms with E-state index in [0.717, 1.165) is 0 Å². The van der Waals surface area contributed by atoms with Crippen molar-refractivity contribution in [3.63, 3.8) is 0 Å². The Morgan fingerprint density at radius 1 is 0.941 bits per heavy atom. The first-order valence-electron chi connectivity index (χ1n) is 5.53. The molecule has 0 aliphatic carbocycles. The molecule has 0 aliphatic rings. The SMILES string of the molecule is BC(F)(c1ccc(C(C)(C)F)cc1)C(C)(P)P. The Kier molecular flexibility index (Phi) is 4.07. The summed E-state index contributed by atoms with van der Waals surface area (Å²) in [6, 6.07) is 6.61. The Hall–Kier alpha value is 0.00494. The summed E-state index contributed by atoms with van der Waals surface area (Å²) in [7, 11) is 6.50. The molecule has 0 radical (unpaired) electrons. The van der Waals surface area contributed by atoms with Gasteiger partial charge in [0.05, 0.1) is 0 Å². The van der Waals surface area contributed by atoms with Crippen LogP contribution in [-0.2, 0) is 11.2 Å². The Balaban J connectivity index is 3.12. The molecule has 0 nitrogen and oxygen atoms in total. The maximum atomic E-state index is 14.6. The molecule has 0 saturated carbocycles. The molecule has 3 atom stereocenters. The monoisotopic (exact) mass is 274 g/mol. The van der Waals surface area contributed by atoms with Crippen LogP contribution in [0.3, 0.4) is 0 Å². The van der Waals surface area contributed by atoms with Crippen LogP contribution in [0, 0.1) is 0 Å². The average molecular weight is 274 g/mol. The minimum absolute atomic E-state index is 0.554. The van der Waals surface area contributed by atoms with E-state index in [-0.39, 0.29) is 0 Å². The van der Waals surface area contributed by atoms with Crippen molar-refractivity contribution in [2.24, 2.45) is 0 Å². The summed E-state index contributed by atoms with van der Waals surface area (Å²) in [6.45, 7) is 4.77. The van der Waals surface area contributed by atoms with Crippen LogP contribution >= 0.6 is 18.5 Å². The number of alkyl halides is 2. The van der Waals surface area contributed by atoms with E-state index in [9.17, 15) is 8.78 Å². The van der Waals surface area contributed by atoms with Crippen molar-refractivity contribution in [2.75, 3.05) is 0 Å². The Morgan fingerprint density at radius 2 is 1.29 bits per heavy atom. The zero-order chi connectivity index (χ0) is 13.5. The Labute approximate surface area is 108 Å². The number of rotatable bonds is 3. The second-order valence-corrected chi connectivity index (χ2v) is 8.40. The topological polar surface area (TPSA) is 0 Å². The highest BCUT2D eigenvalue weighted by atomic mass is 31.1. The van der Waals surface area contributed by atoms with Crippen molar-refractivity contribution in [1.82, 2.24) is 0 Å². The van der Waals surface area contributed by atoms with Crippen LogP contribution in [0.25, 0.3) is 0 Å². The Bertz CT molecular complexity index is 388. The second kappa shape index (κ2) is 4.59. The number of halogens is 2. The van der Waals surface area contributed by atoms with E-state index in [2.05, 4.69) is 18.5 Å². The molecule has 0 spiro atoms. The average Bonchev–Trinajstić information content (AvgIpc) is 2.15. The lowest BCUT2D eigenvalue weighted by molar-refractivity contribution is 0.221. The molecule has 0 N–H and O–H groups in total. The third-order valence-electron chi connectivity index (χ3n) is 3.13. The smallest absolute Gasteiger partial charge is 0.157 e. The Morgan fingerprint density at radius 3 is 1.59 bits per heavy atom. The standard InChI is InChI=1S/C12H19BF2P2/c1-10(2,14)8-4-6-9(7-5-8)12(13,15)11(3,16)17/h4-7H,13,16-17H2,1-3H3. The molecule has 0 heterocycles. The molecule has 0 fully saturated rings. The van der Waals surface area contributed by atoms with Gasteiger partial charge in [-0.25, -0.2) is 8.78 Å². The van der Waals surface area contributed by atoms with Crippen LogP contribution in [0.15, 0.2) is 24.3 Å². The zero-order valence-corrected chi connectivity index (χ0v) is 13.0. The zero-order valence-electron chi connectivity index (χ0n) is 10.7. The summed E-state index contributed by atoms with van der Waals surface area (Å²) in [5.41, 5.74) is -1.78. The van der Waals surface area contributed by atoms with E-state index in [1.54, 1.807) is 31.2 Å². The highest BCUT2D eigenvalue weighted by Crippen LogP contribution is 2.45. The third-order valence-corrected chi connectivity index (χ3v) is 4.21. The van der Waals surface area contributed by atoms with Crippen LogP contribution in [-0.4, -0.2) is 12.7 Å². The van der Waals surface area contributed by atoms with E-state index in [1.807, 2.05) is 0 Å². The molecule has 0 bridgehead atoms. The van der Waals surface area contributed by atoms with E-state index < -0.39 is 16.1 Å². The van der Waals surface area contributed by atoms with Gasteiger partial charge in [-0.05, 0) is 25.0 Å². The van der Waals surface area contributed by atoms with Gasteiger partial charge in [-0.15, -0.1) is 18.5 Å². The highest BCUT2D eigenvalue weighted by Gasteiger charge is 2.39. The quantitative estimate of drug-likeness (QED) is 0.587. The first-order chi connectivity index (χ1) is 7.46. The maximum Gasteiger partial charge on any atom is 0.157 e. The second-order valence-electron chi connectivity index (χ2n) is 5.34. The van der Waals surface area contributed by atoms with Gasteiger partial charge in [0, 0.05) is 4.90 Å². The third kappa shape index (κ3) is 3.27. The molecule has 0 amide bonds. The van der Waals surface area contributed by atoms with Gasteiger partial charge >= 0.3 is 0 Å². The molecule has 0 saturated heterocycles. The van der Waals surface area contributed by atoms with E-state index in [0.29, 0.717) is 11.1 Å².